The van der Waals surface area contributed by atoms with Crippen LogP contribution >= 0.6 is 0 Å². The summed E-state index contributed by atoms with van der Waals surface area (Å²) in [5, 5.41) is 0. The smallest absolute Gasteiger partial charge is 0.244 e. The Bertz CT molecular complexity index is 790. The van der Waals surface area contributed by atoms with Gasteiger partial charge in [-0.25, -0.2) is 21.6 Å². The molecule has 3 N–H and O–H groups in total. The first-order valence-corrected chi connectivity index (χ1v) is 11.2. The molecule has 1 aliphatic carbocycles. The first-order chi connectivity index (χ1) is 11.2. The lowest BCUT2D eigenvalue weighted by Gasteiger charge is -2.31. The maximum Gasteiger partial charge on any atom is 0.244 e. The average molecular weight is 377 g/mol. The minimum atomic E-state index is -3.92. The number of hydrogen-bond donors (Lipinski definition) is 2. The van der Waals surface area contributed by atoms with Gasteiger partial charge in [-0.1, -0.05) is 12.8 Å². The Balaban J connectivity index is 2.40. The van der Waals surface area contributed by atoms with E-state index in [9.17, 15) is 16.8 Å². The minimum Gasteiger partial charge on any atom is -0.495 e. The summed E-state index contributed by atoms with van der Waals surface area (Å²) in [7, 11) is -6.11. The number of nitrogens with one attached hydrogen (secondary N) is 1. The molecule has 0 amide bonds. The quantitative estimate of drug-likeness (QED) is 0.762. The molecule has 1 aromatic rings. The summed E-state index contributed by atoms with van der Waals surface area (Å²) in [5.74, 6) is 0.188. The van der Waals surface area contributed by atoms with Gasteiger partial charge in [0.15, 0.2) is 9.84 Å². The van der Waals surface area contributed by atoms with Crippen LogP contribution in [0.4, 0.5) is 0 Å². The fourth-order valence-electron chi connectivity index (χ4n) is 3.01. The van der Waals surface area contributed by atoms with E-state index in [1.54, 1.807) is 0 Å². The van der Waals surface area contributed by atoms with Crippen molar-refractivity contribution in [2.75, 3.05) is 19.9 Å². The van der Waals surface area contributed by atoms with E-state index in [1.807, 2.05) is 0 Å². The largest absolute Gasteiger partial charge is 0.495 e. The molecule has 0 spiro atoms. The normalized spacial score (nSPS) is 22.3. The molecule has 1 aromatic carbocycles. The van der Waals surface area contributed by atoms with Gasteiger partial charge in [0.05, 0.1) is 12.0 Å². The summed E-state index contributed by atoms with van der Waals surface area (Å²) in [5.41, 5.74) is 5.75. The van der Waals surface area contributed by atoms with Crippen LogP contribution in [0.1, 0.15) is 25.7 Å². The van der Waals surface area contributed by atoms with Gasteiger partial charge in [0, 0.05) is 12.3 Å². The molecule has 2 unspecified atom stereocenters. The van der Waals surface area contributed by atoms with Crippen LogP contribution in [-0.4, -0.2) is 42.8 Å². The van der Waals surface area contributed by atoms with Crippen LogP contribution < -0.4 is 15.2 Å². The summed E-state index contributed by atoms with van der Waals surface area (Å²) >= 11 is 0. The number of sulfonamides is 1. The van der Waals surface area contributed by atoms with E-state index >= 15 is 0 Å². The molecular weight excluding hydrogens is 352 g/mol. The van der Waals surface area contributed by atoms with Gasteiger partial charge in [0.2, 0.25) is 10.0 Å². The van der Waals surface area contributed by atoms with Crippen LogP contribution in [0.15, 0.2) is 28.0 Å². The molecule has 9 heteroatoms. The Hall–Kier alpha value is -1.16. The molecular formula is C15H24N2O5S2. The lowest BCUT2D eigenvalue weighted by molar-refractivity contribution is 0.295. The average Bonchev–Trinajstić information content (AvgIpc) is 2.53. The van der Waals surface area contributed by atoms with Crippen molar-refractivity contribution < 1.29 is 21.6 Å². The number of methoxy groups -OCH3 is 1. The van der Waals surface area contributed by atoms with Gasteiger partial charge in [-0.05, 0) is 43.5 Å². The van der Waals surface area contributed by atoms with Crippen LogP contribution in [-0.2, 0) is 19.9 Å². The van der Waals surface area contributed by atoms with Gasteiger partial charge < -0.3 is 10.5 Å². The van der Waals surface area contributed by atoms with Crippen molar-refractivity contribution in [1.29, 1.82) is 0 Å². The number of rotatable bonds is 6. The lowest BCUT2D eigenvalue weighted by Crippen LogP contribution is -2.44. The molecule has 0 bridgehead atoms. The minimum absolute atomic E-state index is 0.0669. The van der Waals surface area contributed by atoms with Crippen molar-refractivity contribution in [3.8, 4) is 5.75 Å². The number of nitrogens with two attached hydrogens (primary N) is 1. The maximum absolute atomic E-state index is 12.8. The Morgan fingerprint density at radius 1 is 1.21 bits per heavy atom. The van der Waals surface area contributed by atoms with Gasteiger partial charge in [-0.2, -0.15) is 0 Å². The topological polar surface area (TPSA) is 116 Å². The fraction of sp³-hybridized carbons (Fsp3) is 0.600. The molecule has 7 nitrogen and oxygen atoms in total. The number of ether oxygens (including phenoxy) is 1. The molecule has 2 rings (SSSR count). The number of sulfone groups is 1. The second-order valence-electron chi connectivity index (χ2n) is 6.09. The summed E-state index contributed by atoms with van der Waals surface area (Å²) in [6.07, 6.45) is 4.60. The van der Waals surface area contributed by atoms with Crippen molar-refractivity contribution in [2.45, 2.75) is 41.5 Å². The van der Waals surface area contributed by atoms with Crippen LogP contribution in [0.5, 0.6) is 5.75 Å². The highest BCUT2D eigenvalue weighted by Gasteiger charge is 2.30. The van der Waals surface area contributed by atoms with E-state index in [0.717, 1.165) is 38.0 Å². The zero-order valence-electron chi connectivity index (χ0n) is 13.9. The van der Waals surface area contributed by atoms with Gasteiger partial charge in [-0.15, -0.1) is 0 Å². The lowest BCUT2D eigenvalue weighted by atomic mass is 9.85. The van der Waals surface area contributed by atoms with Gasteiger partial charge in [0.25, 0.3) is 0 Å². The molecule has 0 heterocycles. The van der Waals surface area contributed by atoms with Gasteiger partial charge in [0.1, 0.15) is 10.6 Å². The predicted molar refractivity (Wildman–Crippen MR) is 91.2 cm³/mol. The molecule has 1 fully saturated rings. The second kappa shape index (κ2) is 7.38. The maximum atomic E-state index is 12.8. The van der Waals surface area contributed by atoms with Crippen LogP contribution in [0.2, 0.25) is 0 Å². The van der Waals surface area contributed by atoms with E-state index in [0.29, 0.717) is 6.54 Å². The summed E-state index contributed by atoms with van der Waals surface area (Å²) < 4.78 is 56.8. The molecule has 0 saturated heterocycles. The van der Waals surface area contributed by atoms with E-state index in [4.69, 9.17) is 10.5 Å². The first-order valence-electron chi connectivity index (χ1n) is 7.79. The Labute approximate surface area is 143 Å². The third kappa shape index (κ3) is 4.27. The van der Waals surface area contributed by atoms with Crippen molar-refractivity contribution in [3.63, 3.8) is 0 Å². The standard InChI is InChI=1S/C15H24N2O5S2/c1-22-14-8-7-12(23(2,18)19)9-15(14)24(20,21)17-13-6-4-3-5-11(13)10-16/h7-9,11,13,17H,3-6,10,16H2,1-2H3. The highest BCUT2D eigenvalue weighted by Crippen LogP contribution is 2.29. The summed E-state index contributed by atoms with van der Waals surface area (Å²) in [6, 6.07) is 3.57. The monoisotopic (exact) mass is 376 g/mol. The van der Waals surface area contributed by atoms with Crippen molar-refractivity contribution in [1.82, 2.24) is 4.72 Å². The zero-order chi connectivity index (χ0) is 18.0. The van der Waals surface area contributed by atoms with Crippen molar-refractivity contribution in [3.05, 3.63) is 18.2 Å². The summed E-state index contributed by atoms with van der Waals surface area (Å²) in [6.45, 7) is 0.410. The molecule has 24 heavy (non-hydrogen) atoms. The summed E-state index contributed by atoms with van der Waals surface area (Å²) in [4.78, 5) is -0.239. The highest BCUT2D eigenvalue weighted by molar-refractivity contribution is 7.91. The highest BCUT2D eigenvalue weighted by atomic mass is 32.2. The molecule has 2 atom stereocenters. The third-order valence-electron chi connectivity index (χ3n) is 4.37. The Morgan fingerprint density at radius 3 is 2.46 bits per heavy atom. The van der Waals surface area contributed by atoms with E-state index in [2.05, 4.69) is 4.72 Å². The molecule has 0 aliphatic heterocycles. The van der Waals surface area contributed by atoms with E-state index < -0.39 is 19.9 Å². The molecule has 1 saturated carbocycles. The van der Waals surface area contributed by atoms with Crippen molar-refractivity contribution in [2.24, 2.45) is 11.7 Å². The third-order valence-corrected chi connectivity index (χ3v) is 6.99. The van der Waals surface area contributed by atoms with Crippen LogP contribution in [0, 0.1) is 5.92 Å². The first kappa shape index (κ1) is 19.2. The number of benzene rings is 1. The molecule has 136 valence electrons. The predicted octanol–water partition coefficient (Wildman–Crippen LogP) is 0.895. The van der Waals surface area contributed by atoms with Crippen molar-refractivity contribution >= 4 is 19.9 Å². The fourth-order valence-corrected chi connectivity index (χ4v) is 5.26. The molecule has 1 aliphatic rings. The van der Waals surface area contributed by atoms with Crippen LogP contribution in [0.3, 0.4) is 0 Å². The second-order valence-corrected chi connectivity index (χ2v) is 9.79. The van der Waals surface area contributed by atoms with Crippen LogP contribution in [0.25, 0.3) is 0 Å². The molecule has 0 radical (unpaired) electrons. The Morgan fingerprint density at radius 2 is 1.88 bits per heavy atom. The number of hydrogen-bond acceptors (Lipinski definition) is 6. The van der Waals surface area contributed by atoms with Gasteiger partial charge in [-0.3, -0.25) is 0 Å². The van der Waals surface area contributed by atoms with E-state index in [1.165, 1.54) is 19.2 Å². The SMILES string of the molecule is COc1ccc(S(C)(=O)=O)cc1S(=O)(=O)NC1CCCCC1CN. The Kier molecular flexibility index (Phi) is 5.90. The molecule has 0 aromatic heterocycles. The van der Waals surface area contributed by atoms with E-state index in [-0.39, 0.29) is 27.5 Å². The van der Waals surface area contributed by atoms with Gasteiger partial charge >= 0.3 is 0 Å². The zero-order valence-corrected chi connectivity index (χ0v) is 15.5.